The van der Waals surface area contributed by atoms with E-state index in [4.69, 9.17) is 4.74 Å². The van der Waals surface area contributed by atoms with Crippen molar-refractivity contribution in [2.75, 3.05) is 43.6 Å². The summed E-state index contributed by atoms with van der Waals surface area (Å²) < 4.78 is 5.56. The Morgan fingerprint density at radius 1 is 0.889 bits per heavy atom. The molecule has 12 atom stereocenters. The molecule has 12 bridgehead atoms. The first kappa shape index (κ1) is 57.2. The maximum atomic E-state index is 15.4. The van der Waals surface area contributed by atoms with Crippen molar-refractivity contribution < 1.29 is 39.9 Å². The first-order valence-corrected chi connectivity index (χ1v) is 32.1. The number of phenols is 2. The zero-order chi connectivity index (χ0) is 56.4. The number of aliphatic hydroxyl groups is 3. The summed E-state index contributed by atoms with van der Waals surface area (Å²) in [5, 5.41) is 72.9. The summed E-state index contributed by atoms with van der Waals surface area (Å²) in [6.07, 6.45) is 11.1. The molecular formula is C67H80N4O8S2. The lowest BCUT2D eigenvalue weighted by Crippen LogP contribution is -2.50. The zero-order valence-corrected chi connectivity index (χ0v) is 48.6. The molecule has 2 fully saturated rings. The van der Waals surface area contributed by atoms with Gasteiger partial charge in [-0.1, -0.05) is 115 Å². The number of allylic oxidation sites excluding steroid dienone is 2. The van der Waals surface area contributed by atoms with Crippen LogP contribution in [0.4, 0.5) is 5.69 Å². The molecule has 4 aromatic carbocycles. The van der Waals surface area contributed by atoms with Gasteiger partial charge in [-0.3, -0.25) is 9.59 Å². The van der Waals surface area contributed by atoms with Gasteiger partial charge in [0.05, 0.1) is 25.2 Å². The topological polar surface area (TPSA) is 196 Å². The van der Waals surface area contributed by atoms with Gasteiger partial charge in [0.2, 0.25) is 0 Å². The van der Waals surface area contributed by atoms with Gasteiger partial charge in [-0.2, -0.15) is 0 Å². The minimum Gasteiger partial charge on any atom is -0.507 e. The van der Waals surface area contributed by atoms with Crippen LogP contribution in [0.25, 0.3) is 10.8 Å². The number of aliphatic hydroxyl groups excluding tert-OH is 3. The number of carbonyl (C=O) groups is 2. The molecule has 81 heavy (non-hydrogen) atoms. The van der Waals surface area contributed by atoms with Crippen LogP contribution >= 0.6 is 21.6 Å². The predicted molar refractivity (Wildman–Crippen MR) is 325 cm³/mol. The average Bonchev–Trinajstić information content (AvgIpc) is 4.20. The first-order valence-electron chi connectivity index (χ1n) is 29.6. The normalized spacial score (nSPS) is 31.3. The lowest BCUT2D eigenvalue weighted by Gasteiger charge is -2.48. The van der Waals surface area contributed by atoms with Gasteiger partial charge in [0, 0.05) is 89.6 Å². The molecular weight excluding hydrogens is 1050 g/mol. The minimum absolute atomic E-state index is 0.0132. The van der Waals surface area contributed by atoms with E-state index >= 15 is 4.79 Å². The van der Waals surface area contributed by atoms with Crippen molar-refractivity contribution in [1.29, 1.82) is 0 Å². The maximum absolute atomic E-state index is 15.4. The largest absolute Gasteiger partial charge is 0.507 e. The second-order valence-electron chi connectivity index (χ2n) is 24.6. The van der Waals surface area contributed by atoms with Gasteiger partial charge in [-0.25, -0.2) is 0 Å². The van der Waals surface area contributed by atoms with Crippen molar-refractivity contribution in [3.8, 4) is 29.1 Å². The molecule has 6 aliphatic rings. The van der Waals surface area contributed by atoms with Crippen LogP contribution in [0.2, 0.25) is 0 Å². The number of phenolic OH excluding ortho intramolecular Hbond substituents is 2. The molecule has 12 nitrogen and oxygen atoms in total. The van der Waals surface area contributed by atoms with E-state index in [1.165, 1.54) is 7.11 Å². The van der Waals surface area contributed by atoms with Gasteiger partial charge in [0.15, 0.2) is 29.2 Å². The molecule has 11 rings (SSSR count). The van der Waals surface area contributed by atoms with Gasteiger partial charge in [0.25, 0.3) is 0 Å². The number of ether oxygens (including phenoxy) is 1. The van der Waals surface area contributed by atoms with E-state index in [2.05, 4.69) is 71.0 Å². The first-order chi connectivity index (χ1) is 39.2. The Hall–Kier alpha value is -5.66. The number of Topliss-reactive ketones (excluding diaryl/α,β-unsaturated/α-hetero) is 2. The summed E-state index contributed by atoms with van der Waals surface area (Å²) >= 11 is 0. The quantitative estimate of drug-likeness (QED) is 0.0469. The van der Waals surface area contributed by atoms with Gasteiger partial charge in [0.1, 0.15) is 11.6 Å². The van der Waals surface area contributed by atoms with E-state index in [1.54, 1.807) is 12.1 Å². The van der Waals surface area contributed by atoms with E-state index in [1.807, 2.05) is 82.3 Å². The third-order valence-corrected chi connectivity index (χ3v) is 21.9. The fourth-order valence-corrected chi connectivity index (χ4v) is 17.9. The van der Waals surface area contributed by atoms with E-state index in [9.17, 15) is 30.3 Å². The highest BCUT2D eigenvalue weighted by Gasteiger charge is 2.51. The Morgan fingerprint density at radius 3 is 2.56 bits per heavy atom. The number of benzene rings is 4. The van der Waals surface area contributed by atoms with Crippen molar-refractivity contribution in [2.45, 2.75) is 132 Å². The fraction of sp³-hybridized carbons (Fsp3) is 0.493. The molecule has 0 unspecified atom stereocenters. The Balaban J connectivity index is 1.06. The third-order valence-electron chi connectivity index (χ3n) is 19.1. The Kier molecular flexibility index (Phi) is 17.4. The zero-order valence-electron chi connectivity index (χ0n) is 47.0. The van der Waals surface area contributed by atoms with E-state index in [0.29, 0.717) is 62.2 Å². The lowest BCUT2D eigenvalue weighted by molar-refractivity contribution is -0.142. The number of nitrogens with one attached hydrogen (secondary N) is 4. The highest BCUT2D eigenvalue weighted by Crippen LogP contribution is 2.53. The molecule has 0 saturated heterocycles. The number of ketones is 2. The SMILES string of the molecule is CCC[C@@H]1[C@@H]2C[C@H](CC3=CCNC(=C3)Nc3ccc4ccc(c(O)c4c3)C[C@H](O)CNC[C@@]3(C)CSSC[C@H]4CCC[C@](C4)(c4cc3c[nH]4)[C@H]1O)C[C@H]1C#C[C@@H](c3ccccc3)c3cc(O)c(OC)cc3CCC(=O)[C@H](O)C(=O)[C@@H]1C2. The van der Waals surface area contributed by atoms with Crippen LogP contribution in [-0.4, -0.2) is 98.6 Å². The van der Waals surface area contributed by atoms with Gasteiger partial charge in [-0.05, 0) is 157 Å². The van der Waals surface area contributed by atoms with Crippen LogP contribution in [-0.2, 0) is 33.3 Å². The maximum Gasteiger partial charge on any atom is 0.173 e. The van der Waals surface area contributed by atoms with Crippen molar-refractivity contribution in [1.82, 2.24) is 15.6 Å². The molecule has 428 valence electrons. The molecule has 1 aromatic heterocycles. The summed E-state index contributed by atoms with van der Waals surface area (Å²) in [6.45, 7) is 6.00. The van der Waals surface area contributed by atoms with Crippen molar-refractivity contribution in [2.24, 2.45) is 35.5 Å². The van der Waals surface area contributed by atoms with E-state index < -0.39 is 53.0 Å². The molecule has 3 aliphatic carbocycles. The number of H-pyrrole nitrogens is 1. The Bertz CT molecular complexity index is 3240. The third kappa shape index (κ3) is 12.1. The monoisotopic (exact) mass is 1130 g/mol. The number of β-amino-alcohol motifs (C(OH)–C–C–N with tert-alkyl or cyclic N) is 1. The van der Waals surface area contributed by atoms with Crippen molar-refractivity contribution in [3.63, 3.8) is 0 Å². The molecule has 2 saturated carbocycles. The smallest absolute Gasteiger partial charge is 0.173 e. The van der Waals surface area contributed by atoms with Crippen LogP contribution in [0.15, 0.2) is 109 Å². The van der Waals surface area contributed by atoms with Crippen molar-refractivity contribution in [3.05, 3.63) is 142 Å². The van der Waals surface area contributed by atoms with Crippen LogP contribution in [0.5, 0.6) is 17.2 Å². The number of aromatic amines is 1. The number of carbonyl (C=O) groups excluding carboxylic acids is 2. The number of dihydropyridines is 1. The Labute approximate surface area is 485 Å². The Morgan fingerprint density at radius 2 is 1.73 bits per heavy atom. The summed E-state index contributed by atoms with van der Waals surface area (Å²) in [6, 6.07) is 25.6. The second kappa shape index (κ2) is 24.7. The van der Waals surface area contributed by atoms with E-state index in [-0.39, 0.29) is 59.7 Å². The van der Waals surface area contributed by atoms with Crippen LogP contribution in [0.3, 0.4) is 0 Å². The standard InChI is InChI=1S/C67H80N4O8S2/c1-4-9-53-48-26-42(25-45-16-19-52(43-11-6-5-7-12-43)54-33-58(74)59(79-3)30-46(54)17-20-57(73)64(77)63(76)55(45)29-48)24-40-21-23-69-61(27-40)71-50-18-15-44-13-14-47(62(75)56(44)32-50)28-51(72)36-68-38-66(2)39-81-80-37-41-10-8-22-67(34-41,65(53)78)60-31-49(66)35-70-60/h5-7,11-15,18,21,27,30-33,35,41-42,45,48,51-53,55,64-65,68-72,74-75,77-78H,4,8-10,17,20,22-26,28-29,34,36-39H2,1-3H3/t41-,42+,45+,48+,51-,52-,53+,55+,64-,65-,66-,67-/m0/s1. The molecule has 4 heterocycles. The molecule has 3 aliphatic heterocycles. The molecule has 0 amide bonds. The van der Waals surface area contributed by atoms with Gasteiger partial charge in [-0.15, -0.1) is 0 Å². The van der Waals surface area contributed by atoms with E-state index in [0.717, 1.165) is 100 Å². The lowest BCUT2D eigenvalue weighted by atomic mass is 9.59. The number of anilines is 1. The number of fused-ring (bicyclic) bond motifs is 8. The minimum atomic E-state index is -1.85. The average molecular weight is 1130 g/mol. The highest BCUT2D eigenvalue weighted by atomic mass is 33.1. The number of hydrogen-bond donors (Lipinski definition) is 9. The summed E-state index contributed by atoms with van der Waals surface area (Å²) in [7, 11) is 5.31. The summed E-state index contributed by atoms with van der Waals surface area (Å²) in [5.74, 6) is 7.47. The fourth-order valence-electron chi connectivity index (χ4n) is 14.8. The second-order valence-corrected chi connectivity index (χ2v) is 27.2. The number of aromatic nitrogens is 1. The number of hydrogen-bond acceptors (Lipinski definition) is 13. The summed E-state index contributed by atoms with van der Waals surface area (Å²) in [4.78, 5) is 33.6. The molecule has 9 N–H and O–H groups in total. The predicted octanol–water partition coefficient (Wildman–Crippen LogP) is 10.8. The molecule has 1 spiro atoms. The number of methoxy groups -OCH3 is 1. The number of aromatic hydroxyl groups is 2. The molecule has 5 aromatic rings. The van der Waals surface area contributed by atoms with Crippen LogP contribution in [0.1, 0.15) is 124 Å². The molecule has 0 radical (unpaired) electrons. The van der Waals surface area contributed by atoms with Gasteiger partial charge < -0.3 is 51.2 Å². The highest BCUT2D eigenvalue weighted by molar-refractivity contribution is 8.76. The van der Waals surface area contributed by atoms with Gasteiger partial charge >= 0.3 is 0 Å². The van der Waals surface area contributed by atoms with Crippen LogP contribution in [0, 0.1) is 47.3 Å². The molecule has 14 heteroatoms. The van der Waals surface area contributed by atoms with Crippen molar-refractivity contribution >= 4 is 49.6 Å². The summed E-state index contributed by atoms with van der Waals surface area (Å²) in [5.41, 5.74) is 6.26. The van der Waals surface area contributed by atoms with Crippen LogP contribution < -0.4 is 20.7 Å². The number of aryl methyl sites for hydroxylation is 1. The number of rotatable bonds is 4.